The van der Waals surface area contributed by atoms with E-state index in [9.17, 15) is 4.79 Å². The van der Waals surface area contributed by atoms with Crippen LogP contribution in [-0.4, -0.2) is 5.91 Å². The molecule has 0 aliphatic carbocycles. The van der Waals surface area contributed by atoms with Gasteiger partial charge in [-0.15, -0.1) is 0 Å². The molecule has 0 saturated heterocycles. The molecule has 0 radical (unpaired) electrons. The van der Waals surface area contributed by atoms with Gasteiger partial charge in [0.25, 0.3) is 5.91 Å². The summed E-state index contributed by atoms with van der Waals surface area (Å²) in [6.45, 7) is 0. The van der Waals surface area contributed by atoms with Crippen LogP contribution in [0.3, 0.4) is 0 Å². The number of carbonyl (C=O) groups excluding carboxylic acids is 1. The van der Waals surface area contributed by atoms with E-state index in [1.165, 1.54) is 0 Å². The van der Waals surface area contributed by atoms with Crippen molar-refractivity contribution in [3.8, 4) is 0 Å². The molecule has 3 N–H and O–H groups in total. The van der Waals surface area contributed by atoms with Crippen LogP contribution in [0.5, 0.6) is 0 Å². The van der Waals surface area contributed by atoms with Gasteiger partial charge in [-0.05, 0) is 17.7 Å². The predicted molar refractivity (Wildman–Crippen MR) is 50.8 cm³/mol. The van der Waals surface area contributed by atoms with Crippen molar-refractivity contribution in [2.24, 2.45) is 5.84 Å². The molecule has 0 atom stereocenters. The molecular formula is C8H10N2OS. The van der Waals surface area contributed by atoms with Crippen molar-refractivity contribution in [2.75, 3.05) is 0 Å². The van der Waals surface area contributed by atoms with E-state index in [1.54, 1.807) is 18.2 Å². The highest BCUT2D eigenvalue weighted by Crippen LogP contribution is 2.06. The zero-order valence-electron chi connectivity index (χ0n) is 6.45. The number of rotatable bonds is 2. The SMILES string of the molecule is NNC(=O)c1cccc(CS)c1. The molecule has 1 aromatic rings. The Labute approximate surface area is 76.3 Å². The van der Waals surface area contributed by atoms with Crippen LogP contribution in [0.1, 0.15) is 15.9 Å². The van der Waals surface area contributed by atoms with Crippen LogP contribution in [0.4, 0.5) is 0 Å². The average Bonchev–Trinajstić information content (AvgIpc) is 2.17. The van der Waals surface area contributed by atoms with Gasteiger partial charge in [0.15, 0.2) is 0 Å². The lowest BCUT2D eigenvalue weighted by atomic mass is 10.1. The molecule has 0 aliphatic rings. The molecule has 0 saturated carbocycles. The summed E-state index contributed by atoms with van der Waals surface area (Å²) in [5.41, 5.74) is 3.63. The third kappa shape index (κ3) is 1.99. The molecule has 12 heavy (non-hydrogen) atoms. The van der Waals surface area contributed by atoms with Crippen molar-refractivity contribution in [1.82, 2.24) is 5.43 Å². The number of carbonyl (C=O) groups is 1. The van der Waals surface area contributed by atoms with Gasteiger partial charge in [-0.25, -0.2) is 5.84 Å². The fourth-order valence-electron chi connectivity index (χ4n) is 0.894. The van der Waals surface area contributed by atoms with Crippen molar-refractivity contribution in [3.05, 3.63) is 35.4 Å². The summed E-state index contributed by atoms with van der Waals surface area (Å²) in [4.78, 5) is 11.0. The standard InChI is InChI=1S/C8H10N2OS/c9-10-8(11)7-3-1-2-6(4-7)5-12/h1-4,12H,5,9H2,(H,10,11). The minimum Gasteiger partial charge on any atom is -0.290 e. The second-order valence-electron chi connectivity index (χ2n) is 2.33. The number of nitrogens with one attached hydrogen (secondary N) is 1. The maximum absolute atomic E-state index is 11.0. The Morgan fingerprint density at radius 2 is 2.33 bits per heavy atom. The topological polar surface area (TPSA) is 55.1 Å². The Morgan fingerprint density at radius 3 is 2.92 bits per heavy atom. The molecule has 1 rings (SSSR count). The number of thiol groups is 1. The Bertz CT molecular complexity index is 288. The lowest BCUT2D eigenvalue weighted by molar-refractivity contribution is 0.0953. The molecule has 0 aliphatic heterocycles. The second kappa shape index (κ2) is 4.13. The number of hydrazine groups is 1. The molecule has 0 heterocycles. The summed E-state index contributed by atoms with van der Waals surface area (Å²) < 4.78 is 0. The van der Waals surface area contributed by atoms with Gasteiger partial charge in [-0.3, -0.25) is 10.2 Å². The third-order valence-electron chi connectivity index (χ3n) is 1.50. The van der Waals surface area contributed by atoms with E-state index in [2.05, 4.69) is 18.1 Å². The van der Waals surface area contributed by atoms with E-state index in [0.29, 0.717) is 11.3 Å². The molecular weight excluding hydrogens is 172 g/mol. The van der Waals surface area contributed by atoms with Crippen LogP contribution in [0.15, 0.2) is 24.3 Å². The Morgan fingerprint density at radius 1 is 1.58 bits per heavy atom. The van der Waals surface area contributed by atoms with E-state index in [-0.39, 0.29) is 5.91 Å². The zero-order chi connectivity index (χ0) is 8.97. The minimum atomic E-state index is -0.279. The maximum Gasteiger partial charge on any atom is 0.265 e. The summed E-state index contributed by atoms with van der Waals surface area (Å²) in [5.74, 6) is 5.31. The molecule has 0 fully saturated rings. The number of nitrogens with two attached hydrogens (primary N) is 1. The lowest BCUT2D eigenvalue weighted by Gasteiger charge is -2.00. The fourth-order valence-corrected chi connectivity index (χ4v) is 1.09. The molecule has 0 aromatic heterocycles. The van der Waals surface area contributed by atoms with Gasteiger partial charge in [-0.1, -0.05) is 12.1 Å². The Balaban J connectivity index is 2.93. The summed E-state index contributed by atoms with van der Waals surface area (Å²) in [6.07, 6.45) is 0. The van der Waals surface area contributed by atoms with Gasteiger partial charge < -0.3 is 0 Å². The monoisotopic (exact) mass is 182 g/mol. The number of benzene rings is 1. The predicted octanol–water partition coefficient (Wildman–Crippen LogP) is 0.720. The van der Waals surface area contributed by atoms with Crippen LogP contribution < -0.4 is 11.3 Å². The fraction of sp³-hybridized carbons (Fsp3) is 0.125. The quantitative estimate of drug-likeness (QED) is 0.273. The lowest BCUT2D eigenvalue weighted by Crippen LogP contribution is -2.29. The van der Waals surface area contributed by atoms with Crippen LogP contribution >= 0.6 is 12.6 Å². The number of hydrogen-bond donors (Lipinski definition) is 3. The second-order valence-corrected chi connectivity index (χ2v) is 2.65. The van der Waals surface area contributed by atoms with Crippen LogP contribution in [0.25, 0.3) is 0 Å². The smallest absolute Gasteiger partial charge is 0.265 e. The molecule has 4 heteroatoms. The summed E-state index contributed by atoms with van der Waals surface area (Å²) in [7, 11) is 0. The third-order valence-corrected chi connectivity index (χ3v) is 1.87. The van der Waals surface area contributed by atoms with Gasteiger partial charge in [0.2, 0.25) is 0 Å². The first-order valence-corrected chi connectivity index (χ1v) is 4.12. The number of nitrogen functional groups attached to an aromatic ring is 1. The Hall–Kier alpha value is -1.00. The minimum absolute atomic E-state index is 0.279. The summed E-state index contributed by atoms with van der Waals surface area (Å²) >= 11 is 4.09. The first-order chi connectivity index (χ1) is 5.77. The van der Waals surface area contributed by atoms with Crippen molar-refractivity contribution in [1.29, 1.82) is 0 Å². The van der Waals surface area contributed by atoms with Crippen LogP contribution in [0, 0.1) is 0 Å². The van der Waals surface area contributed by atoms with Crippen LogP contribution in [0.2, 0.25) is 0 Å². The molecule has 0 spiro atoms. The highest BCUT2D eigenvalue weighted by molar-refractivity contribution is 7.79. The number of hydrogen-bond acceptors (Lipinski definition) is 3. The van der Waals surface area contributed by atoms with E-state index < -0.39 is 0 Å². The van der Waals surface area contributed by atoms with Crippen molar-refractivity contribution >= 4 is 18.5 Å². The first-order valence-electron chi connectivity index (χ1n) is 3.48. The maximum atomic E-state index is 11.0. The van der Waals surface area contributed by atoms with Gasteiger partial charge in [0.05, 0.1) is 0 Å². The average molecular weight is 182 g/mol. The molecule has 0 unspecified atom stereocenters. The van der Waals surface area contributed by atoms with E-state index >= 15 is 0 Å². The normalized spacial score (nSPS) is 9.50. The van der Waals surface area contributed by atoms with E-state index in [1.807, 2.05) is 6.07 Å². The van der Waals surface area contributed by atoms with Crippen molar-refractivity contribution < 1.29 is 4.79 Å². The van der Waals surface area contributed by atoms with Crippen LogP contribution in [-0.2, 0) is 5.75 Å². The molecule has 1 amide bonds. The first kappa shape index (κ1) is 9.09. The van der Waals surface area contributed by atoms with Gasteiger partial charge in [0, 0.05) is 11.3 Å². The summed E-state index contributed by atoms with van der Waals surface area (Å²) in [6, 6.07) is 7.17. The highest BCUT2D eigenvalue weighted by Gasteiger charge is 2.02. The highest BCUT2D eigenvalue weighted by atomic mass is 32.1. The van der Waals surface area contributed by atoms with E-state index in [0.717, 1.165) is 5.56 Å². The molecule has 0 bridgehead atoms. The molecule has 1 aromatic carbocycles. The molecule has 64 valence electrons. The zero-order valence-corrected chi connectivity index (χ0v) is 7.34. The Kier molecular flexibility index (Phi) is 3.13. The largest absolute Gasteiger partial charge is 0.290 e. The number of amides is 1. The van der Waals surface area contributed by atoms with E-state index in [4.69, 9.17) is 5.84 Å². The van der Waals surface area contributed by atoms with Gasteiger partial charge in [-0.2, -0.15) is 12.6 Å². The molecule has 3 nitrogen and oxygen atoms in total. The van der Waals surface area contributed by atoms with Crippen molar-refractivity contribution in [3.63, 3.8) is 0 Å². The summed E-state index contributed by atoms with van der Waals surface area (Å²) in [5, 5.41) is 0. The van der Waals surface area contributed by atoms with Gasteiger partial charge >= 0.3 is 0 Å². The van der Waals surface area contributed by atoms with Crippen molar-refractivity contribution in [2.45, 2.75) is 5.75 Å². The van der Waals surface area contributed by atoms with Gasteiger partial charge in [0.1, 0.15) is 0 Å².